The molecule has 0 saturated carbocycles. The van der Waals surface area contributed by atoms with Crippen molar-refractivity contribution in [3.05, 3.63) is 53.9 Å². The molecule has 0 bridgehead atoms. The molecule has 0 unspecified atom stereocenters. The van der Waals surface area contributed by atoms with E-state index in [0.29, 0.717) is 12.3 Å². The summed E-state index contributed by atoms with van der Waals surface area (Å²) in [6, 6.07) is 10.4. The van der Waals surface area contributed by atoms with Crippen LogP contribution in [0.5, 0.6) is 0 Å². The summed E-state index contributed by atoms with van der Waals surface area (Å²) in [6.07, 6.45) is 4.58. The predicted molar refractivity (Wildman–Crippen MR) is 77.1 cm³/mol. The summed E-state index contributed by atoms with van der Waals surface area (Å²) in [7, 11) is 1.88. The first kappa shape index (κ1) is 12.9. The summed E-state index contributed by atoms with van der Waals surface area (Å²) in [5.74, 6) is 0.570. The highest BCUT2D eigenvalue weighted by atomic mass is 16.2. The third kappa shape index (κ3) is 2.33. The van der Waals surface area contributed by atoms with Crippen molar-refractivity contribution in [3.63, 3.8) is 0 Å². The van der Waals surface area contributed by atoms with Crippen molar-refractivity contribution in [2.45, 2.75) is 25.9 Å². The molecular weight excluding hydrogens is 250 g/mol. The van der Waals surface area contributed by atoms with Gasteiger partial charge in [-0.1, -0.05) is 37.3 Å². The smallest absolute Gasteiger partial charge is 0.223 e. The second-order valence-electron chi connectivity index (χ2n) is 5.59. The quantitative estimate of drug-likeness (QED) is 0.858. The molecule has 104 valence electrons. The Kier molecular flexibility index (Phi) is 3.30. The zero-order chi connectivity index (χ0) is 14.1. The van der Waals surface area contributed by atoms with Crippen LogP contribution in [0.25, 0.3) is 0 Å². The van der Waals surface area contributed by atoms with E-state index in [0.717, 1.165) is 12.1 Å². The topological polar surface area (TPSA) is 38.1 Å². The number of nitrogens with zero attached hydrogens (tertiary/aromatic N) is 3. The van der Waals surface area contributed by atoms with Gasteiger partial charge in [-0.25, -0.2) is 0 Å². The van der Waals surface area contributed by atoms with Crippen LogP contribution < -0.4 is 0 Å². The van der Waals surface area contributed by atoms with Crippen LogP contribution in [0.4, 0.5) is 0 Å². The average Bonchev–Trinajstić information content (AvgIpc) is 2.97. The maximum Gasteiger partial charge on any atom is 0.223 e. The Labute approximate surface area is 119 Å². The lowest BCUT2D eigenvalue weighted by Gasteiger charge is -2.21. The van der Waals surface area contributed by atoms with E-state index >= 15 is 0 Å². The lowest BCUT2D eigenvalue weighted by Crippen LogP contribution is -2.23. The molecule has 20 heavy (non-hydrogen) atoms. The second-order valence-corrected chi connectivity index (χ2v) is 5.59. The molecule has 2 atom stereocenters. The average molecular weight is 269 g/mol. The molecule has 2 aromatic rings. The standard InChI is InChI=1S/C16H19N3O/c1-12-8-15(20)18(2)16(12)14-9-17-19(11-14)10-13-6-4-3-5-7-13/h3-7,9,11-12,16H,8,10H2,1-2H3/t12-,16-/m0/s1. The minimum Gasteiger partial charge on any atom is -0.338 e. The molecule has 1 saturated heterocycles. The fourth-order valence-electron chi connectivity index (χ4n) is 3.01. The Morgan fingerprint density at radius 1 is 1.30 bits per heavy atom. The van der Waals surface area contributed by atoms with Crippen molar-refractivity contribution in [1.29, 1.82) is 0 Å². The molecule has 1 aliphatic rings. The van der Waals surface area contributed by atoms with Crippen molar-refractivity contribution in [3.8, 4) is 0 Å². The Bertz CT molecular complexity index is 605. The molecule has 0 spiro atoms. The largest absolute Gasteiger partial charge is 0.338 e. The van der Waals surface area contributed by atoms with Crippen LogP contribution in [-0.4, -0.2) is 27.6 Å². The van der Waals surface area contributed by atoms with Crippen LogP contribution in [0, 0.1) is 5.92 Å². The van der Waals surface area contributed by atoms with E-state index in [4.69, 9.17) is 0 Å². The lowest BCUT2D eigenvalue weighted by atomic mass is 9.98. The number of aromatic nitrogens is 2. The van der Waals surface area contributed by atoms with Crippen molar-refractivity contribution in [2.24, 2.45) is 5.92 Å². The molecule has 4 nitrogen and oxygen atoms in total. The summed E-state index contributed by atoms with van der Waals surface area (Å²) in [4.78, 5) is 13.6. The van der Waals surface area contributed by atoms with Gasteiger partial charge >= 0.3 is 0 Å². The molecule has 1 fully saturated rings. The first-order valence-electron chi connectivity index (χ1n) is 6.97. The molecule has 2 heterocycles. The maximum absolute atomic E-state index is 11.8. The van der Waals surface area contributed by atoms with Crippen molar-refractivity contribution < 1.29 is 4.79 Å². The highest BCUT2D eigenvalue weighted by Crippen LogP contribution is 2.36. The summed E-state index contributed by atoms with van der Waals surface area (Å²) < 4.78 is 1.94. The number of hydrogen-bond acceptors (Lipinski definition) is 2. The Morgan fingerprint density at radius 2 is 2.05 bits per heavy atom. The van der Waals surface area contributed by atoms with E-state index in [-0.39, 0.29) is 11.9 Å². The molecule has 0 radical (unpaired) electrons. The molecule has 1 aliphatic heterocycles. The van der Waals surface area contributed by atoms with Crippen LogP contribution in [0.1, 0.15) is 30.5 Å². The summed E-state index contributed by atoms with van der Waals surface area (Å²) in [5.41, 5.74) is 2.35. The van der Waals surface area contributed by atoms with E-state index in [1.54, 1.807) is 0 Å². The van der Waals surface area contributed by atoms with Gasteiger partial charge in [0.15, 0.2) is 0 Å². The first-order chi connectivity index (χ1) is 9.65. The van der Waals surface area contributed by atoms with Gasteiger partial charge in [0.1, 0.15) is 0 Å². The van der Waals surface area contributed by atoms with Crippen LogP contribution in [-0.2, 0) is 11.3 Å². The maximum atomic E-state index is 11.8. The SMILES string of the molecule is C[C@H]1CC(=O)N(C)[C@@H]1c1cnn(Cc2ccccc2)c1. The van der Waals surface area contributed by atoms with Gasteiger partial charge in [-0.05, 0) is 11.5 Å². The number of carbonyl (C=O) groups excluding carboxylic acids is 1. The van der Waals surface area contributed by atoms with Gasteiger partial charge in [-0.3, -0.25) is 9.48 Å². The molecule has 4 heteroatoms. The fraction of sp³-hybridized carbons (Fsp3) is 0.375. The monoisotopic (exact) mass is 269 g/mol. The van der Waals surface area contributed by atoms with Crippen molar-refractivity contribution in [1.82, 2.24) is 14.7 Å². The highest BCUT2D eigenvalue weighted by Gasteiger charge is 2.36. The van der Waals surface area contributed by atoms with E-state index in [1.165, 1.54) is 5.56 Å². The number of amides is 1. The Morgan fingerprint density at radius 3 is 2.70 bits per heavy atom. The van der Waals surface area contributed by atoms with Gasteiger partial charge in [0, 0.05) is 25.2 Å². The summed E-state index contributed by atoms with van der Waals surface area (Å²) in [6.45, 7) is 2.89. The highest BCUT2D eigenvalue weighted by molar-refractivity contribution is 5.79. The van der Waals surface area contributed by atoms with Crippen molar-refractivity contribution >= 4 is 5.91 Å². The molecule has 0 aliphatic carbocycles. The Balaban J connectivity index is 1.79. The number of likely N-dealkylation sites (tertiary alicyclic amines) is 1. The van der Waals surface area contributed by atoms with Crippen LogP contribution in [0.15, 0.2) is 42.7 Å². The van der Waals surface area contributed by atoms with Crippen LogP contribution in [0.3, 0.4) is 0 Å². The van der Waals surface area contributed by atoms with Gasteiger partial charge in [0.2, 0.25) is 5.91 Å². The summed E-state index contributed by atoms with van der Waals surface area (Å²) >= 11 is 0. The minimum atomic E-state index is 0.159. The molecule has 3 rings (SSSR count). The van der Waals surface area contributed by atoms with Crippen LogP contribution in [0.2, 0.25) is 0 Å². The van der Waals surface area contributed by atoms with Gasteiger partial charge < -0.3 is 4.90 Å². The number of carbonyl (C=O) groups is 1. The number of rotatable bonds is 3. The summed E-state index contributed by atoms with van der Waals surface area (Å²) in [5, 5.41) is 4.43. The zero-order valence-electron chi connectivity index (χ0n) is 11.9. The van der Waals surface area contributed by atoms with E-state index < -0.39 is 0 Å². The van der Waals surface area contributed by atoms with Gasteiger partial charge in [0.25, 0.3) is 0 Å². The van der Waals surface area contributed by atoms with E-state index in [1.807, 2.05) is 41.0 Å². The van der Waals surface area contributed by atoms with Gasteiger partial charge in [0.05, 0.1) is 18.8 Å². The first-order valence-corrected chi connectivity index (χ1v) is 6.97. The molecule has 1 aromatic heterocycles. The van der Waals surface area contributed by atoms with Crippen molar-refractivity contribution in [2.75, 3.05) is 7.05 Å². The van der Waals surface area contributed by atoms with Crippen LogP contribution >= 0.6 is 0 Å². The molecule has 1 amide bonds. The number of hydrogen-bond donors (Lipinski definition) is 0. The van der Waals surface area contributed by atoms with Gasteiger partial charge in [-0.15, -0.1) is 0 Å². The third-order valence-electron chi connectivity index (χ3n) is 4.03. The second kappa shape index (κ2) is 5.12. The molecule has 1 aromatic carbocycles. The minimum absolute atomic E-state index is 0.159. The number of benzene rings is 1. The normalized spacial score (nSPS) is 22.5. The third-order valence-corrected chi connectivity index (χ3v) is 4.03. The molecule has 0 N–H and O–H groups in total. The predicted octanol–water partition coefficient (Wildman–Crippen LogP) is 2.47. The fourth-order valence-corrected chi connectivity index (χ4v) is 3.01. The van der Waals surface area contributed by atoms with Gasteiger partial charge in [-0.2, -0.15) is 5.10 Å². The Hall–Kier alpha value is -2.10. The molecular formula is C16H19N3O. The lowest BCUT2D eigenvalue weighted by molar-refractivity contribution is -0.127. The zero-order valence-corrected chi connectivity index (χ0v) is 11.9. The van der Waals surface area contributed by atoms with E-state index in [2.05, 4.69) is 30.4 Å². The van der Waals surface area contributed by atoms with E-state index in [9.17, 15) is 4.79 Å².